The van der Waals surface area contributed by atoms with E-state index in [0.29, 0.717) is 22.4 Å². The molecule has 110 valence electrons. The molecule has 21 heavy (non-hydrogen) atoms. The van der Waals surface area contributed by atoms with Crippen molar-refractivity contribution >= 4 is 28.9 Å². The highest BCUT2D eigenvalue weighted by molar-refractivity contribution is 6.35. The van der Waals surface area contributed by atoms with Crippen LogP contribution < -0.4 is 10.1 Å². The Morgan fingerprint density at radius 2 is 2.05 bits per heavy atom. The number of hydrogen-bond donors (Lipinski definition) is 2. The number of hydrogen-bond acceptors (Lipinski definition) is 3. The van der Waals surface area contributed by atoms with Crippen molar-refractivity contribution in [1.82, 2.24) is 0 Å². The molecule has 0 spiro atoms. The summed E-state index contributed by atoms with van der Waals surface area (Å²) in [6.07, 6.45) is 0.809. The molecule has 2 aromatic rings. The third-order valence-corrected chi connectivity index (χ3v) is 4.08. The van der Waals surface area contributed by atoms with Crippen LogP contribution in [-0.2, 0) is 6.61 Å². The van der Waals surface area contributed by atoms with E-state index in [4.69, 9.17) is 27.9 Å². The van der Waals surface area contributed by atoms with Gasteiger partial charge in [-0.3, -0.25) is 0 Å². The summed E-state index contributed by atoms with van der Waals surface area (Å²) in [5.74, 6) is 0.686. The monoisotopic (exact) mass is 323 g/mol. The van der Waals surface area contributed by atoms with E-state index in [0.717, 1.165) is 23.2 Å². The first-order valence-corrected chi connectivity index (χ1v) is 7.51. The summed E-state index contributed by atoms with van der Waals surface area (Å²) in [6.45, 7) is 0.586. The number of benzene rings is 2. The number of ether oxygens (including phenoxy) is 1. The van der Waals surface area contributed by atoms with Gasteiger partial charge in [-0.05, 0) is 18.2 Å². The standard InChI is InChI=1S/C16H15Cl2NO2/c17-11-7-12-15(5-6-21-16(12)13(18)8-11)19-14-4-2-1-3-10(14)9-20/h1-4,7-8,15,19-20H,5-6,9H2. The van der Waals surface area contributed by atoms with Gasteiger partial charge in [0.15, 0.2) is 0 Å². The Bertz CT molecular complexity index is 661. The topological polar surface area (TPSA) is 41.5 Å². The van der Waals surface area contributed by atoms with Gasteiger partial charge in [0.25, 0.3) is 0 Å². The van der Waals surface area contributed by atoms with Crippen molar-refractivity contribution in [2.75, 3.05) is 11.9 Å². The molecule has 1 unspecified atom stereocenters. The molecule has 3 nitrogen and oxygen atoms in total. The lowest BCUT2D eigenvalue weighted by molar-refractivity contribution is 0.273. The second kappa shape index (κ2) is 6.14. The SMILES string of the molecule is OCc1ccccc1NC1CCOc2c(Cl)cc(Cl)cc21. The molecule has 2 aromatic carbocycles. The van der Waals surface area contributed by atoms with Crippen LogP contribution in [0.2, 0.25) is 10.0 Å². The number of para-hydroxylation sites is 1. The van der Waals surface area contributed by atoms with Crippen LogP contribution >= 0.6 is 23.2 Å². The van der Waals surface area contributed by atoms with Crippen LogP contribution in [0.15, 0.2) is 36.4 Å². The second-order valence-corrected chi connectivity index (χ2v) is 5.80. The predicted octanol–water partition coefficient (Wildman–Crippen LogP) is 4.42. The lowest BCUT2D eigenvalue weighted by Crippen LogP contribution is -2.21. The van der Waals surface area contributed by atoms with E-state index in [1.54, 1.807) is 6.07 Å². The Balaban J connectivity index is 1.95. The summed E-state index contributed by atoms with van der Waals surface area (Å²) in [6, 6.07) is 11.3. The summed E-state index contributed by atoms with van der Waals surface area (Å²) < 4.78 is 5.65. The van der Waals surface area contributed by atoms with Crippen LogP contribution in [0.25, 0.3) is 0 Å². The van der Waals surface area contributed by atoms with Gasteiger partial charge in [0.05, 0.1) is 24.3 Å². The van der Waals surface area contributed by atoms with Gasteiger partial charge in [-0.15, -0.1) is 0 Å². The van der Waals surface area contributed by atoms with Crippen LogP contribution in [-0.4, -0.2) is 11.7 Å². The Hall–Kier alpha value is -1.42. The van der Waals surface area contributed by atoms with Crippen LogP contribution in [0, 0.1) is 0 Å². The van der Waals surface area contributed by atoms with E-state index in [-0.39, 0.29) is 12.6 Å². The number of anilines is 1. The molecule has 0 radical (unpaired) electrons. The smallest absolute Gasteiger partial charge is 0.143 e. The molecule has 0 aromatic heterocycles. The molecule has 1 aliphatic heterocycles. The lowest BCUT2D eigenvalue weighted by Gasteiger charge is -2.29. The second-order valence-electron chi connectivity index (χ2n) is 4.96. The van der Waals surface area contributed by atoms with E-state index >= 15 is 0 Å². The zero-order valence-corrected chi connectivity index (χ0v) is 12.8. The summed E-state index contributed by atoms with van der Waals surface area (Å²) in [5, 5.41) is 14.0. The third kappa shape index (κ3) is 2.95. The van der Waals surface area contributed by atoms with Crippen molar-refractivity contribution < 1.29 is 9.84 Å². The van der Waals surface area contributed by atoms with E-state index in [1.807, 2.05) is 30.3 Å². The van der Waals surface area contributed by atoms with E-state index < -0.39 is 0 Å². The van der Waals surface area contributed by atoms with Crippen LogP contribution in [0.3, 0.4) is 0 Å². The van der Waals surface area contributed by atoms with Gasteiger partial charge in [-0.1, -0.05) is 41.4 Å². The Kier molecular flexibility index (Phi) is 4.24. The zero-order valence-electron chi connectivity index (χ0n) is 11.3. The maximum absolute atomic E-state index is 9.42. The quantitative estimate of drug-likeness (QED) is 0.878. The first-order chi connectivity index (χ1) is 10.2. The van der Waals surface area contributed by atoms with Crippen molar-refractivity contribution in [3.05, 3.63) is 57.6 Å². The lowest BCUT2D eigenvalue weighted by atomic mass is 9.99. The molecule has 0 saturated carbocycles. The van der Waals surface area contributed by atoms with Gasteiger partial charge in [0, 0.05) is 28.3 Å². The Morgan fingerprint density at radius 3 is 2.86 bits per heavy atom. The highest BCUT2D eigenvalue weighted by atomic mass is 35.5. The molecule has 0 amide bonds. The highest BCUT2D eigenvalue weighted by Gasteiger charge is 2.24. The highest BCUT2D eigenvalue weighted by Crippen LogP contribution is 2.41. The zero-order chi connectivity index (χ0) is 14.8. The minimum Gasteiger partial charge on any atom is -0.492 e. The Labute approximate surface area is 133 Å². The normalized spacial score (nSPS) is 17.0. The minimum absolute atomic E-state index is 0.00441. The fourth-order valence-electron chi connectivity index (χ4n) is 2.56. The van der Waals surface area contributed by atoms with Gasteiger partial charge in [0.2, 0.25) is 0 Å². The van der Waals surface area contributed by atoms with Gasteiger partial charge < -0.3 is 15.2 Å². The van der Waals surface area contributed by atoms with E-state index in [2.05, 4.69) is 5.32 Å². The summed E-state index contributed by atoms with van der Waals surface area (Å²) >= 11 is 12.3. The van der Waals surface area contributed by atoms with Crippen molar-refractivity contribution in [1.29, 1.82) is 0 Å². The summed E-state index contributed by atoms with van der Waals surface area (Å²) in [4.78, 5) is 0. The molecule has 5 heteroatoms. The van der Waals surface area contributed by atoms with Gasteiger partial charge in [-0.25, -0.2) is 0 Å². The number of fused-ring (bicyclic) bond motifs is 1. The van der Waals surface area contributed by atoms with Crippen LogP contribution in [0.1, 0.15) is 23.6 Å². The molecule has 1 atom stereocenters. The molecular formula is C16H15Cl2NO2. The van der Waals surface area contributed by atoms with Gasteiger partial charge >= 0.3 is 0 Å². The molecule has 1 aliphatic rings. The number of aliphatic hydroxyl groups is 1. The van der Waals surface area contributed by atoms with Crippen molar-refractivity contribution in [3.63, 3.8) is 0 Å². The molecule has 0 fully saturated rings. The fraction of sp³-hybridized carbons (Fsp3) is 0.250. The Morgan fingerprint density at radius 1 is 1.24 bits per heavy atom. The molecule has 3 rings (SSSR count). The number of nitrogens with one attached hydrogen (secondary N) is 1. The molecule has 1 heterocycles. The van der Waals surface area contributed by atoms with Crippen LogP contribution in [0.5, 0.6) is 5.75 Å². The largest absolute Gasteiger partial charge is 0.492 e. The maximum Gasteiger partial charge on any atom is 0.143 e. The maximum atomic E-state index is 9.42. The van der Waals surface area contributed by atoms with Crippen LogP contribution in [0.4, 0.5) is 5.69 Å². The molecule has 2 N–H and O–H groups in total. The van der Waals surface area contributed by atoms with Gasteiger partial charge in [-0.2, -0.15) is 0 Å². The average Bonchev–Trinajstić information content (AvgIpc) is 2.48. The molecule has 0 saturated heterocycles. The van der Waals surface area contributed by atoms with Crippen molar-refractivity contribution in [2.24, 2.45) is 0 Å². The summed E-state index contributed by atoms with van der Waals surface area (Å²) in [5.41, 5.74) is 2.72. The molecule has 0 aliphatic carbocycles. The fourth-order valence-corrected chi connectivity index (χ4v) is 3.13. The van der Waals surface area contributed by atoms with Gasteiger partial charge in [0.1, 0.15) is 5.75 Å². The number of rotatable bonds is 3. The minimum atomic E-state index is -0.00441. The first-order valence-electron chi connectivity index (χ1n) is 6.76. The third-order valence-electron chi connectivity index (χ3n) is 3.58. The molecular weight excluding hydrogens is 309 g/mol. The van der Waals surface area contributed by atoms with Crippen molar-refractivity contribution in [3.8, 4) is 5.75 Å². The van der Waals surface area contributed by atoms with E-state index in [9.17, 15) is 5.11 Å². The summed E-state index contributed by atoms with van der Waals surface area (Å²) in [7, 11) is 0. The predicted molar refractivity (Wildman–Crippen MR) is 85.3 cm³/mol. The average molecular weight is 324 g/mol. The van der Waals surface area contributed by atoms with Crippen molar-refractivity contribution in [2.45, 2.75) is 19.1 Å². The van der Waals surface area contributed by atoms with E-state index in [1.165, 1.54) is 0 Å². The number of halogens is 2. The molecule has 0 bridgehead atoms. The first kappa shape index (κ1) is 14.5. The number of aliphatic hydroxyl groups excluding tert-OH is 1.